The Balaban J connectivity index is 1.87. The van der Waals surface area contributed by atoms with Crippen molar-refractivity contribution in [1.29, 1.82) is 0 Å². The number of amides is 3. The molecule has 8 nitrogen and oxygen atoms in total. The van der Waals surface area contributed by atoms with E-state index in [4.69, 9.17) is 22.1 Å². The maximum absolute atomic E-state index is 11.9. The molecule has 9 heteroatoms. The second-order valence-corrected chi connectivity index (χ2v) is 5.80. The van der Waals surface area contributed by atoms with Gasteiger partial charge in [-0.2, -0.15) is 5.10 Å². The Morgan fingerprint density at radius 2 is 1.85 bits per heavy atom. The van der Waals surface area contributed by atoms with Crippen LogP contribution >= 0.6 is 11.6 Å². The summed E-state index contributed by atoms with van der Waals surface area (Å²) in [4.78, 5) is 34.3. The van der Waals surface area contributed by atoms with Crippen molar-refractivity contribution in [2.75, 3.05) is 11.9 Å². The second-order valence-electron chi connectivity index (χ2n) is 5.39. The molecule has 2 rings (SSSR count). The lowest BCUT2D eigenvalue weighted by Gasteiger charge is -2.08. The van der Waals surface area contributed by atoms with Gasteiger partial charge in [0.1, 0.15) is 5.75 Å². The van der Waals surface area contributed by atoms with E-state index < -0.39 is 17.7 Å². The van der Waals surface area contributed by atoms with E-state index in [2.05, 4.69) is 15.8 Å². The average Bonchev–Trinajstić information content (AvgIpc) is 2.64. The smallest absolute Gasteiger partial charge is 0.329 e. The molecular formula is C18H17ClN4O4. The number of hydrazone groups is 1. The first-order valence-corrected chi connectivity index (χ1v) is 8.15. The molecule has 0 aliphatic rings. The normalized spacial score (nSPS) is 10.4. The molecule has 140 valence electrons. The molecule has 0 aromatic heterocycles. The fourth-order valence-corrected chi connectivity index (χ4v) is 2.12. The first kappa shape index (κ1) is 19.9. The third-order valence-corrected chi connectivity index (χ3v) is 3.77. The molecule has 0 aliphatic carbocycles. The average molecular weight is 389 g/mol. The van der Waals surface area contributed by atoms with E-state index in [0.29, 0.717) is 27.6 Å². The summed E-state index contributed by atoms with van der Waals surface area (Å²) in [5.74, 6) is -1.90. The van der Waals surface area contributed by atoms with Crippen molar-refractivity contribution in [3.63, 3.8) is 0 Å². The van der Waals surface area contributed by atoms with Crippen LogP contribution in [0.3, 0.4) is 0 Å². The Labute approximate surface area is 160 Å². The summed E-state index contributed by atoms with van der Waals surface area (Å²) in [6, 6.07) is 11.5. The zero-order valence-electron chi connectivity index (χ0n) is 14.4. The van der Waals surface area contributed by atoms with E-state index in [1.165, 1.54) is 6.21 Å². The molecule has 4 N–H and O–H groups in total. The van der Waals surface area contributed by atoms with Gasteiger partial charge in [-0.05, 0) is 54.4 Å². The van der Waals surface area contributed by atoms with E-state index in [9.17, 15) is 14.4 Å². The maximum atomic E-state index is 11.9. The molecule has 0 aliphatic heterocycles. The first-order valence-electron chi connectivity index (χ1n) is 7.77. The number of ether oxygens (including phenoxy) is 1. The minimum atomic E-state index is -0.924. The highest BCUT2D eigenvalue weighted by Gasteiger charge is 2.14. The lowest BCUT2D eigenvalue weighted by atomic mass is 10.2. The van der Waals surface area contributed by atoms with E-state index in [0.717, 1.165) is 0 Å². The van der Waals surface area contributed by atoms with Gasteiger partial charge in [-0.25, -0.2) is 5.43 Å². The fourth-order valence-electron chi connectivity index (χ4n) is 1.94. The Bertz CT molecular complexity index is 881. The number of hydrogen-bond donors (Lipinski definition) is 3. The number of nitrogens with two attached hydrogens (primary N) is 1. The lowest BCUT2D eigenvalue weighted by Crippen LogP contribution is -2.32. The number of benzene rings is 2. The predicted molar refractivity (Wildman–Crippen MR) is 102 cm³/mol. The van der Waals surface area contributed by atoms with Crippen molar-refractivity contribution in [3.05, 3.63) is 58.6 Å². The Morgan fingerprint density at radius 1 is 1.15 bits per heavy atom. The van der Waals surface area contributed by atoms with Crippen molar-refractivity contribution in [1.82, 2.24) is 5.43 Å². The zero-order chi connectivity index (χ0) is 19.8. The number of nitrogens with one attached hydrogen (secondary N) is 2. The summed E-state index contributed by atoms with van der Waals surface area (Å²) in [6.45, 7) is 1.51. The van der Waals surface area contributed by atoms with E-state index in [1.807, 2.05) is 0 Å². The number of primary amides is 1. The van der Waals surface area contributed by atoms with E-state index in [-0.39, 0.29) is 6.61 Å². The van der Waals surface area contributed by atoms with E-state index >= 15 is 0 Å². The van der Waals surface area contributed by atoms with Crippen LogP contribution in [0.5, 0.6) is 5.75 Å². The van der Waals surface area contributed by atoms with Gasteiger partial charge < -0.3 is 15.8 Å². The van der Waals surface area contributed by atoms with Crippen molar-refractivity contribution < 1.29 is 19.1 Å². The molecule has 0 heterocycles. The summed E-state index contributed by atoms with van der Waals surface area (Å²) in [5.41, 5.74) is 8.87. The van der Waals surface area contributed by atoms with Crippen LogP contribution in [0.15, 0.2) is 47.6 Å². The molecule has 2 aromatic rings. The molecule has 0 spiro atoms. The van der Waals surface area contributed by atoms with Crippen LogP contribution < -0.4 is 21.2 Å². The van der Waals surface area contributed by atoms with Crippen molar-refractivity contribution in [3.8, 4) is 5.75 Å². The Hall–Kier alpha value is -3.39. The van der Waals surface area contributed by atoms with Gasteiger partial charge >= 0.3 is 11.8 Å². The van der Waals surface area contributed by atoms with Crippen molar-refractivity contribution >= 4 is 41.2 Å². The first-order chi connectivity index (χ1) is 12.9. The van der Waals surface area contributed by atoms with E-state index in [1.54, 1.807) is 49.4 Å². The molecule has 27 heavy (non-hydrogen) atoms. The molecule has 0 fully saturated rings. The lowest BCUT2D eigenvalue weighted by molar-refractivity contribution is -0.136. The van der Waals surface area contributed by atoms with Crippen LogP contribution in [-0.2, 0) is 14.4 Å². The van der Waals surface area contributed by atoms with Gasteiger partial charge in [0.05, 0.1) is 6.21 Å². The monoisotopic (exact) mass is 388 g/mol. The largest absolute Gasteiger partial charge is 0.484 e. The molecule has 0 unspecified atom stereocenters. The molecule has 3 amide bonds. The van der Waals surface area contributed by atoms with Gasteiger partial charge in [0, 0.05) is 10.7 Å². The highest BCUT2D eigenvalue weighted by Crippen LogP contribution is 2.22. The molecule has 2 aromatic carbocycles. The summed E-state index contributed by atoms with van der Waals surface area (Å²) in [5, 5.41) is 6.67. The molecule has 0 bridgehead atoms. The third kappa shape index (κ3) is 6.12. The van der Waals surface area contributed by atoms with Gasteiger partial charge in [0.15, 0.2) is 6.61 Å². The molecular weight excluding hydrogens is 372 g/mol. The summed E-state index contributed by atoms with van der Waals surface area (Å²) >= 11 is 5.97. The highest BCUT2D eigenvalue weighted by atomic mass is 35.5. The SMILES string of the molecule is Cc1c(Cl)cccc1NC(=O)C(=O)N/N=C/c1ccc(OCC(N)=O)cc1. The minimum Gasteiger partial charge on any atom is -0.484 e. The third-order valence-electron chi connectivity index (χ3n) is 3.36. The maximum Gasteiger partial charge on any atom is 0.329 e. The minimum absolute atomic E-state index is 0.218. The van der Waals surface area contributed by atoms with Crippen LogP contribution in [0, 0.1) is 6.92 Å². The Kier molecular flexibility index (Phi) is 6.90. The van der Waals surface area contributed by atoms with Gasteiger partial charge in [-0.15, -0.1) is 0 Å². The number of anilines is 1. The molecule has 0 saturated heterocycles. The summed E-state index contributed by atoms with van der Waals surface area (Å²) in [7, 11) is 0. The van der Waals surface area contributed by atoms with Crippen LogP contribution in [0.4, 0.5) is 5.69 Å². The van der Waals surface area contributed by atoms with Gasteiger partial charge in [-0.3, -0.25) is 14.4 Å². The predicted octanol–water partition coefficient (Wildman–Crippen LogP) is 1.60. The van der Waals surface area contributed by atoms with Crippen LogP contribution in [-0.4, -0.2) is 30.5 Å². The molecule has 0 radical (unpaired) electrons. The van der Waals surface area contributed by atoms with Crippen molar-refractivity contribution in [2.45, 2.75) is 6.92 Å². The standard InChI is InChI=1S/C18H17ClN4O4/c1-11-14(19)3-2-4-15(11)22-17(25)18(26)23-21-9-12-5-7-13(8-6-12)27-10-16(20)24/h2-9H,10H2,1H3,(H2,20,24)(H,22,25)(H,23,26)/b21-9+. The quantitative estimate of drug-likeness (QED) is 0.395. The zero-order valence-corrected chi connectivity index (χ0v) is 15.1. The highest BCUT2D eigenvalue weighted by molar-refractivity contribution is 6.40. The number of halogens is 1. The van der Waals surface area contributed by atoms with Gasteiger partial charge in [0.25, 0.3) is 5.91 Å². The summed E-state index contributed by atoms with van der Waals surface area (Å²) < 4.78 is 5.12. The van der Waals surface area contributed by atoms with Gasteiger partial charge in [0.2, 0.25) is 0 Å². The number of carbonyl (C=O) groups is 3. The van der Waals surface area contributed by atoms with Crippen LogP contribution in [0.1, 0.15) is 11.1 Å². The summed E-state index contributed by atoms with van der Waals surface area (Å²) in [6.07, 6.45) is 1.35. The number of rotatable bonds is 6. The fraction of sp³-hybridized carbons (Fsp3) is 0.111. The number of hydrogen-bond acceptors (Lipinski definition) is 5. The van der Waals surface area contributed by atoms with Gasteiger partial charge in [-0.1, -0.05) is 17.7 Å². The van der Waals surface area contributed by atoms with Crippen LogP contribution in [0.25, 0.3) is 0 Å². The van der Waals surface area contributed by atoms with Crippen molar-refractivity contribution in [2.24, 2.45) is 10.8 Å². The molecule has 0 saturated carbocycles. The topological polar surface area (TPSA) is 123 Å². The second kappa shape index (κ2) is 9.35. The number of nitrogens with zero attached hydrogens (tertiary/aromatic N) is 1. The molecule has 0 atom stereocenters. The van der Waals surface area contributed by atoms with Crippen LogP contribution in [0.2, 0.25) is 5.02 Å². The Morgan fingerprint density at radius 3 is 2.52 bits per heavy atom. The number of carbonyl (C=O) groups excluding carboxylic acids is 3.